The van der Waals surface area contributed by atoms with Crippen LogP contribution in [0.3, 0.4) is 0 Å². The van der Waals surface area contributed by atoms with E-state index < -0.39 is 0 Å². The van der Waals surface area contributed by atoms with Crippen LogP contribution in [0.2, 0.25) is 0 Å². The molecule has 0 aromatic heterocycles. The molecule has 0 heterocycles. The fourth-order valence-corrected chi connectivity index (χ4v) is 6.64. The van der Waals surface area contributed by atoms with Crippen molar-refractivity contribution in [2.45, 2.75) is 77.0 Å². The molecule has 0 bridgehead atoms. The van der Waals surface area contributed by atoms with E-state index in [0.717, 1.165) is 41.3 Å². The smallest absolute Gasteiger partial charge is 0.118 e. The van der Waals surface area contributed by atoms with E-state index in [1.165, 1.54) is 63.4 Å². The van der Waals surface area contributed by atoms with Gasteiger partial charge in [-0.3, -0.25) is 0 Å². The molecule has 3 aliphatic carbocycles. The van der Waals surface area contributed by atoms with Gasteiger partial charge in [-0.2, -0.15) is 0 Å². The van der Waals surface area contributed by atoms with Crippen LogP contribution in [0.25, 0.3) is 0 Å². The molecule has 1 nitrogen and oxygen atoms in total. The van der Waals surface area contributed by atoms with Crippen molar-refractivity contribution < 1.29 is 4.74 Å². The van der Waals surface area contributed by atoms with E-state index in [2.05, 4.69) is 43.3 Å². The monoisotopic (exact) mass is 366 g/mol. The molecule has 0 N–H and O–H groups in total. The minimum Gasteiger partial charge on any atom is -0.497 e. The zero-order valence-electron chi connectivity index (χ0n) is 17.4. The molecule has 4 atom stereocenters. The van der Waals surface area contributed by atoms with Crippen LogP contribution in [0.4, 0.5) is 0 Å². The Bertz CT molecular complexity index is 608. The third-order valence-corrected chi connectivity index (χ3v) is 8.18. The largest absolute Gasteiger partial charge is 0.497 e. The van der Waals surface area contributed by atoms with E-state index in [-0.39, 0.29) is 0 Å². The van der Waals surface area contributed by atoms with Crippen LogP contribution in [0.15, 0.2) is 36.4 Å². The van der Waals surface area contributed by atoms with E-state index in [1.807, 2.05) is 0 Å². The quantitative estimate of drug-likeness (QED) is 0.505. The maximum absolute atomic E-state index is 5.31. The summed E-state index contributed by atoms with van der Waals surface area (Å²) in [5.41, 5.74) is 1.53. The van der Waals surface area contributed by atoms with E-state index >= 15 is 0 Å². The van der Waals surface area contributed by atoms with E-state index in [4.69, 9.17) is 4.74 Å². The Balaban J connectivity index is 1.28. The van der Waals surface area contributed by atoms with Gasteiger partial charge in [0, 0.05) is 0 Å². The lowest BCUT2D eigenvalue weighted by Crippen LogP contribution is -2.34. The van der Waals surface area contributed by atoms with Crippen LogP contribution in [0, 0.1) is 29.6 Å². The third kappa shape index (κ3) is 4.44. The van der Waals surface area contributed by atoms with E-state index in [9.17, 15) is 0 Å². The van der Waals surface area contributed by atoms with Crippen LogP contribution >= 0.6 is 0 Å². The second kappa shape index (κ2) is 8.84. The molecule has 148 valence electrons. The Morgan fingerprint density at radius 2 is 1.33 bits per heavy atom. The molecule has 0 aliphatic heterocycles. The summed E-state index contributed by atoms with van der Waals surface area (Å²) in [4.78, 5) is 0. The molecule has 1 aromatic rings. The summed E-state index contributed by atoms with van der Waals surface area (Å²) in [6.45, 7) is 2.19. The summed E-state index contributed by atoms with van der Waals surface area (Å²) in [7, 11) is 1.75. The van der Waals surface area contributed by atoms with Gasteiger partial charge in [0.2, 0.25) is 0 Å². The number of rotatable bonds is 4. The van der Waals surface area contributed by atoms with Crippen molar-refractivity contribution in [3.8, 4) is 5.75 Å². The molecule has 0 radical (unpaired) electrons. The molecular weight excluding hydrogens is 328 g/mol. The number of fused-ring (bicyclic) bond motifs is 1. The summed E-state index contributed by atoms with van der Waals surface area (Å²) in [6.07, 6.45) is 19.5. The zero-order chi connectivity index (χ0) is 18.6. The Kier molecular flexibility index (Phi) is 6.25. The fourth-order valence-electron chi connectivity index (χ4n) is 6.64. The third-order valence-electron chi connectivity index (χ3n) is 8.18. The molecule has 1 aromatic carbocycles. The number of allylic oxidation sites excluding steroid dienone is 2. The molecular formula is C26H38O. The van der Waals surface area contributed by atoms with Gasteiger partial charge < -0.3 is 4.74 Å². The van der Waals surface area contributed by atoms with Crippen molar-refractivity contribution >= 4 is 0 Å². The highest BCUT2D eigenvalue weighted by Crippen LogP contribution is 2.50. The minimum atomic E-state index is 0.778. The molecule has 0 saturated heterocycles. The van der Waals surface area contributed by atoms with Gasteiger partial charge in [0.1, 0.15) is 5.75 Å². The Morgan fingerprint density at radius 3 is 2.00 bits per heavy atom. The Hall–Kier alpha value is -1.24. The fraction of sp³-hybridized carbons (Fsp3) is 0.692. The van der Waals surface area contributed by atoms with Gasteiger partial charge in [-0.25, -0.2) is 0 Å². The molecule has 4 unspecified atom stereocenters. The second-order valence-electron chi connectivity index (χ2n) is 9.58. The van der Waals surface area contributed by atoms with E-state index in [0.29, 0.717) is 0 Å². The van der Waals surface area contributed by atoms with Crippen molar-refractivity contribution in [3.63, 3.8) is 0 Å². The summed E-state index contributed by atoms with van der Waals surface area (Å²) in [6, 6.07) is 8.84. The topological polar surface area (TPSA) is 9.23 Å². The van der Waals surface area contributed by atoms with Crippen LogP contribution in [-0.2, 0) is 0 Å². The predicted molar refractivity (Wildman–Crippen MR) is 114 cm³/mol. The number of ether oxygens (including phenoxy) is 1. The standard InChI is InChI=1S/C26H38O/c1-3-4-19-5-6-25-18-24(12-11-23(25)17-19)22-9-7-20(8-10-22)21-13-15-26(27-2)16-14-21/h3-4,13-16,19-20,22-25H,5-12,17-18H2,1-2H3/b4-3+. The van der Waals surface area contributed by atoms with Gasteiger partial charge in [0.05, 0.1) is 7.11 Å². The van der Waals surface area contributed by atoms with Crippen molar-refractivity contribution in [3.05, 3.63) is 42.0 Å². The highest BCUT2D eigenvalue weighted by Gasteiger charge is 2.38. The van der Waals surface area contributed by atoms with Crippen LogP contribution in [-0.4, -0.2) is 7.11 Å². The first kappa shape index (κ1) is 19.1. The number of methoxy groups -OCH3 is 1. The second-order valence-corrected chi connectivity index (χ2v) is 9.58. The summed E-state index contributed by atoms with van der Waals surface area (Å²) < 4.78 is 5.31. The molecule has 0 spiro atoms. The van der Waals surface area contributed by atoms with Crippen molar-refractivity contribution in [1.29, 1.82) is 0 Å². The van der Waals surface area contributed by atoms with Crippen LogP contribution in [0.1, 0.15) is 82.6 Å². The molecule has 3 aliphatic rings. The summed E-state index contributed by atoms with van der Waals surface area (Å²) in [5.74, 6) is 6.76. The number of hydrogen-bond acceptors (Lipinski definition) is 1. The molecule has 3 fully saturated rings. The van der Waals surface area contributed by atoms with Crippen molar-refractivity contribution in [2.24, 2.45) is 29.6 Å². The van der Waals surface area contributed by atoms with Gasteiger partial charge in [0.25, 0.3) is 0 Å². The normalized spacial score (nSPS) is 37.1. The van der Waals surface area contributed by atoms with E-state index in [1.54, 1.807) is 13.5 Å². The average Bonchev–Trinajstić information content (AvgIpc) is 2.74. The number of benzene rings is 1. The highest BCUT2D eigenvalue weighted by molar-refractivity contribution is 5.29. The minimum absolute atomic E-state index is 0.778. The van der Waals surface area contributed by atoms with Crippen LogP contribution in [0.5, 0.6) is 5.75 Å². The summed E-state index contributed by atoms with van der Waals surface area (Å²) in [5, 5.41) is 0. The first-order valence-electron chi connectivity index (χ1n) is 11.5. The zero-order valence-corrected chi connectivity index (χ0v) is 17.4. The van der Waals surface area contributed by atoms with Gasteiger partial charge in [-0.1, -0.05) is 24.3 Å². The molecule has 3 saturated carbocycles. The predicted octanol–water partition coefficient (Wildman–Crippen LogP) is 7.38. The molecule has 1 heteroatoms. The lowest BCUT2D eigenvalue weighted by atomic mass is 9.61. The van der Waals surface area contributed by atoms with Crippen molar-refractivity contribution in [1.82, 2.24) is 0 Å². The molecule has 4 rings (SSSR count). The highest BCUT2D eigenvalue weighted by atomic mass is 16.5. The lowest BCUT2D eigenvalue weighted by molar-refractivity contribution is 0.0719. The first-order valence-corrected chi connectivity index (χ1v) is 11.5. The average molecular weight is 367 g/mol. The Labute approximate surface area is 166 Å². The first-order chi connectivity index (χ1) is 13.3. The Morgan fingerprint density at radius 1 is 0.741 bits per heavy atom. The maximum Gasteiger partial charge on any atom is 0.118 e. The summed E-state index contributed by atoms with van der Waals surface area (Å²) >= 11 is 0. The van der Waals surface area contributed by atoms with Gasteiger partial charge >= 0.3 is 0 Å². The molecule has 27 heavy (non-hydrogen) atoms. The maximum atomic E-state index is 5.31. The SMILES string of the molecule is C/C=C/C1CCC2CC(C3CCC(c4ccc(OC)cc4)CC3)CCC2C1. The van der Waals surface area contributed by atoms with Gasteiger partial charge in [-0.05, 0) is 124 Å². The van der Waals surface area contributed by atoms with Crippen LogP contribution < -0.4 is 4.74 Å². The molecule has 0 amide bonds. The number of hydrogen-bond donors (Lipinski definition) is 0. The van der Waals surface area contributed by atoms with Gasteiger partial charge in [0.15, 0.2) is 0 Å². The lowest BCUT2D eigenvalue weighted by Gasteiger charge is -2.45. The van der Waals surface area contributed by atoms with Crippen molar-refractivity contribution in [2.75, 3.05) is 7.11 Å². The van der Waals surface area contributed by atoms with Gasteiger partial charge in [-0.15, -0.1) is 0 Å².